The summed E-state index contributed by atoms with van der Waals surface area (Å²) in [6.07, 6.45) is 6.59. The number of fused-ring (bicyclic) bond motifs is 6. The maximum atomic E-state index is 8.02. The van der Waals surface area contributed by atoms with E-state index in [1.165, 1.54) is 73.9 Å². The molecule has 6 aromatic carbocycles. The molecule has 9 aromatic rings. The second kappa shape index (κ2) is 18.0. The summed E-state index contributed by atoms with van der Waals surface area (Å²) < 4.78 is 46.9. The molecule has 321 valence electrons. The molecule has 0 unspecified atom stereocenters. The summed E-state index contributed by atoms with van der Waals surface area (Å²) in [5.41, 5.74) is 15.6. The van der Waals surface area contributed by atoms with Crippen LogP contribution in [0.2, 0.25) is 19.6 Å². The molecule has 4 nitrogen and oxygen atoms in total. The van der Waals surface area contributed by atoms with Gasteiger partial charge in [0.1, 0.15) is 5.58 Å². The standard InChI is InChI=1S/C41H37N2O.C16H20NSi.Ir/c1-25(2)32-23-30(27-12-6-5-7-13-27)24-33(26(3)4)40(32)43-36-17-11-10-16-35(36)42-41(43)29-19-20-37-34(22-29)39-31-15-9-8-14-28(31)18-21-38(39)44-37;1-12-6-7-14(10-13(12)2)16-9-8-15(11-17-16)18(3,4)5;/h5-7,10-13,16-18,20-26H,8-9,14-15H2,1-4H3;6-9,11H,1-5H3;/q2*-1;/i;1D3,2D,6D;. The molecule has 1 radical (unpaired) electrons. The number of imidazole rings is 1. The van der Waals surface area contributed by atoms with Gasteiger partial charge in [-0.3, -0.25) is 4.98 Å². The van der Waals surface area contributed by atoms with E-state index in [0.29, 0.717) is 23.1 Å². The molecular formula is C57H57IrN3OSi-2. The van der Waals surface area contributed by atoms with Crippen molar-refractivity contribution in [3.05, 3.63) is 167 Å². The summed E-state index contributed by atoms with van der Waals surface area (Å²) in [6, 6.07) is 44.6. The predicted octanol–water partition coefficient (Wildman–Crippen LogP) is 14.9. The van der Waals surface area contributed by atoms with Gasteiger partial charge in [-0.05, 0) is 112 Å². The molecule has 10 rings (SSSR count). The van der Waals surface area contributed by atoms with Crippen LogP contribution in [-0.2, 0) is 32.9 Å². The maximum Gasteiger partial charge on any atom is 0.121 e. The van der Waals surface area contributed by atoms with Crippen molar-refractivity contribution < 1.29 is 31.4 Å². The van der Waals surface area contributed by atoms with Crippen molar-refractivity contribution in [1.82, 2.24) is 14.5 Å². The molecule has 0 atom stereocenters. The number of hydrogen-bond donors (Lipinski definition) is 0. The summed E-state index contributed by atoms with van der Waals surface area (Å²) in [5, 5.41) is 3.67. The largest absolute Gasteiger partial charge is 0.500 e. The van der Waals surface area contributed by atoms with Crippen LogP contribution in [0.25, 0.3) is 72.4 Å². The third kappa shape index (κ3) is 8.66. The zero-order valence-electron chi connectivity index (χ0n) is 42.2. The number of para-hydroxylation sites is 2. The smallest absolute Gasteiger partial charge is 0.121 e. The Labute approximate surface area is 395 Å². The van der Waals surface area contributed by atoms with Crippen molar-refractivity contribution in [2.75, 3.05) is 0 Å². The molecule has 1 aliphatic carbocycles. The van der Waals surface area contributed by atoms with E-state index < -0.39 is 14.9 Å². The van der Waals surface area contributed by atoms with E-state index in [9.17, 15) is 0 Å². The molecule has 0 aliphatic heterocycles. The normalized spacial score (nSPS) is 14.1. The van der Waals surface area contributed by atoms with Crippen molar-refractivity contribution in [2.24, 2.45) is 0 Å². The van der Waals surface area contributed by atoms with Gasteiger partial charge < -0.3 is 14.0 Å². The van der Waals surface area contributed by atoms with Gasteiger partial charge in [0.2, 0.25) is 0 Å². The Bertz CT molecular complexity index is 3250. The van der Waals surface area contributed by atoms with Crippen LogP contribution in [0.5, 0.6) is 0 Å². The first kappa shape index (κ1) is 38.1. The summed E-state index contributed by atoms with van der Waals surface area (Å²) in [5.74, 6) is 1.55. The Morgan fingerprint density at radius 3 is 2.24 bits per heavy atom. The molecule has 6 heteroatoms. The Balaban J connectivity index is 0.000000222. The second-order valence-electron chi connectivity index (χ2n) is 18.3. The average Bonchev–Trinajstić information content (AvgIpc) is 3.89. The van der Waals surface area contributed by atoms with Crippen molar-refractivity contribution in [2.45, 2.75) is 98.6 Å². The minimum atomic E-state index is -2.41. The van der Waals surface area contributed by atoms with E-state index in [-0.39, 0.29) is 44.2 Å². The van der Waals surface area contributed by atoms with Crippen LogP contribution in [0.15, 0.2) is 126 Å². The average molecular weight is 1030 g/mol. The molecule has 3 aromatic heterocycles. The van der Waals surface area contributed by atoms with Gasteiger partial charge in [-0.2, -0.15) is 0 Å². The van der Waals surface area contributed by atoms with E-state index in [4.69, 9.17) is 16.3 Å². The second-order valence-corrected chi connectivity index (χ2v) is 23.4. The number of nitrogens with zero attached hydrogens (tertiary/aromatic N) is 3. The summed E-state index contributed by atoms with van der Waals surface area (Å²) in [4.78, 5) is 9.74. The summed E-state index contributed by atoms with van der Waals surface area (Å²) in [6.45, 7) is 13.3. The summed E-state index contributed by atoms with van der Waals surface area (Å²) >= 11 is 0. The Hall–Kier alpha value is -5.39. The first-order valence-corrected chi connectivity index (χ1v) is 25.4. The summed E-state index contributed by atoms with van der Waals surface area (Å²) in [7, 11) is -1.43. The fourth-order valence-corrected chi connectivity index (χ4v) is 9.90. The van der Waals surface area contributed by atoms with Crippen molar-refractivity contribution in [3.63, 3.8) is 0 Å². The Kier molecular flexibility index (Phi) is 10.9. The number of benzene rings is 6. The van der Waals surface area contributed by atoms with Gasteiger partial charge in [-0.1, -0.05) is 127 Å². The van der Waals surface area contributed by atoms with E-state index in [1.54, 1.807) is 0 Å². The fraction of sp³-hybridized carbons (Fsp3) is 0.263. The van der Waals surface area contributed by atoms with Crippen molar-refractivity contribution in [3.8, 4) is 39.5 Å². The van der Waals surface area contributed by atoms with Gasteiger partial charge in [-0.15, -0.1) is 58.6 Å². The topological polar surface area (TPSA) is 43.9 Å². The molecule has 63 heavy (non-hydrogen) atoms. The molecule has 0 fully saturated rings. The number of hydrogen-bond acceptors (Lipinski definition) is 3. The molecule has 0 spiro atoms. The van der Waals surface area contributed by atoms with Gasteiger partial charge in [0.05, 0.1) is 30.5 Å². The van der Waals surface area contributed by atoms with E-state index in [0.717, 1.165) is 46.4 Å². The monoisotopic (exact) mass is 1030 g/mol. The van der Waals surface area contributed by atoms with Crippen LogP contribution >= 0.6 is 0 Å². The number of aryl methyl sites for hydroxylation is 3. The molecular weight excluding hydrogens is 963 g/mol. The predicted molar refractivity (Wildman–Crippen MR) is 264 cm³/mol. The minimum absolute atomic E-state index is 0. The zero-order chi connectivity index (χ0) is 47.4. The molecule has 1 aliphatic rings. The van der Waals surface area contributed by atoms with Gasteiger partial charge in [0, 0.05) is 44.2 Å². The van der Waals surface area contributed by atoms with Gasteiger partial charge in [0.25, 0.3) is 0 Å². The van der Waals surface area contributed by atoms with Gasteiger partial charge >= 0.3 is 0 Å². The number of aromatic nitrogens is 3. The quantitative estimate of drug-likeness (QED) is 0.118. The van der Waals surface area contributed by atoms with Crippen LogP contribution in [0, 0.1) is 25.9 Å². The zero-order valence-corrected chi connectivity index (χ0v) is 40.6. The van der Waals surface area contributed by atoms with Gasteiger partial charge in [0.15, 0.2) is 0 Å². The molecule has 0 N–H and O–H groups in total. The first-order chi connectivity index (χ1) is 32.0. The molecule has 0 saturated heterocycles. The Morgan fingerprint density at radius 2 is 1.54 bits per heavy atom. The number of pyridine rings is 1. The Morgan fingerprint density at radius 1 is 0.794 bits per heavy atom. The SMILES string of the molecule is CC(C)c1cc(-c2ccccc2)cc(C(C)C)c1-n1c(-c2[c-]cc3oc4ccc5c(c4c3c2)CCCC5)nc2ccccc21.[2H]Cc1[c-]c(-c2ccc([Si](C)(C)C)cn2)cc([2H])c1C([2H])([2H])[2H].[Ir]. The molecule has 3 heterocycles. The fourth-order valence-electron chi connectivity index (χ4n) is 8.87. The molecule has 0 amide bonds. The van der Waals surface area contributed by atoms with Crippen LogP contribution in [0.3, 0.4) is 0 Å². The third-order valence-electron chi connectivity index (χ3n) is 12.3. The van der Waals surface area contributed by atoms with E-state index >= 15 is 0 Å². The first-order valence-electron chi connectivity index (χ1n) is 24.6. The van der Waals surface area contributed by atoms with E-state index in [1.807, 2.05) is 24.4 Å². The number of furan rings is 1. The maximum absolute atomic E-state index is 8.02. The molecule has 0 bridgehead atoms. The van der Waals surface area contributed by atoms with Crippen LogP contribution in [0.4, 0.5) is 0 Å². The third-order valence-corrected chi connectivity index (χ3v) is 14.3. The van der Waals surface area contributed by atoms with Crippen molar-refractivity contribution in [1.29, 1.82) is 0 Å². The minimum Gasteiger partial charge on any atom is -0.500 e. The van der Waals surface area contributed by atoms with Crippen LogP contribution in [-0.4, -0.2) is 22.6 Å². The van der Waals surface area contributed by atoms with E-state index in [2.05, 4.69) is 154 Å². The van der Waals surface area contributed by atoms with Crippen molar-refractivity contribution >= 4 is 46.2 Å². The van der Waals surface area contributed by atoms with Crippen LogP contribution < -0.4 is 5.19 Å². The number of rotatable bonds is 7. The van der Waals surface area contributed by atoms with Crippen LogP contribution in [0.1, 0.15) is 92.6 Å². The van der Waals surface area contributed by atoms with Gasteiger partial charge in [-0.25, -0.2) is 0 Å². The molecule has 0 saturated carbocycles.